The molecule has 0 aromatic heterocycles. The predicted octanol–water partition coefficient (Wildman–Crippen LogP) is 3.76. The molecule has 6 heteroatoms. The van der Waals surface area contributed by atoms with E-state index in [0.29, 0.717) is 29.8 Å². The highest BCUT2D eigenvalue weighted by Gasteiger charge is 2.15. The average Bonchev–Trinajstić information content (AvgIpc) is 2.71. The summed E-state index contributed by atoms with van der Waals surface area (Å²) in [6.07, 6.45) is 1.85. The van der Waals surface area contributed by atoms with Gasteiger partial charge < -0.3 is 25.3 Å². The van der Waals surface area contributed by atoms with Crippen LogP contribution in [0.25, 0.3) is 0 Å². The molecule has 0 saturated heterocycles. The minimum absolute atomic E-state index is 0.359. The van der Waals surface area contributed by atoms with Crippen molar-refractivity contribution in [3.8, 4) is 17.2 Å². The number of nitrogens with two attached hydrogens (primary N) is 1. The number of para-hydroxylation sites is 1. The van der Waals surface area contributed by atoms with Crippen LogP contribution in [0.3, 0.4) is 0 Å². The van der Waals surface area contributed by atoms with Crippen LogP contribution in [0.1, 0.15) is 30.5 Å². The maximum atomic E-state index is 6.16. The number of guanidine groups is 1. The van der Waals surface area contributed by atoms with E-state index in [1.54, 1.807) is 21.3 Å². The van der Waals surface area contributed by atoms with Gasteiger partial charge in [0.1, 0.15) is 0 Å². The van der Waals surface area contributed by atoms with Crippen LogP contribution in [-0.2, 0) is 19.4 Å². The Morgan fingerprint density at radius 3 is 2.04 bits per heavy atom. The normalized spacial score (nSPS) is 11.2. The molecule has 0 aliphatic carbocycles. The zero-order valence-electron chi connectivity index (χ0n) is 16.8. The molecule has 2 aromatic carbocycles. The quantitative estimate of drug-likeness (QED) is 0.546. The van der Waals surface area contributed by atoms with Crippen LogP contribution in [0.15, 0.2) is 35.3 Å². The van der Waals surface area contributed by atoms with Crippen LogP contribution in [0.2, 0.25) is 0 Å². The monoisotopic (exact) mass is 371 g/mol. The summed E-state index contributed by atoms with van der Waals surface area (Å²) >= 11 is 0. The van der Waals surface area contributed by atoms with E-state index in [-0.39, 0.29) is 0 Å². The third-order valence-electron chi connectivity index (χ3n) is 4.46. The lowest BCUT2D eigenvalue weighted by Gasteiger charge is -2.16. The minimum Gasteiger partial charge on any atom is -0.493 e. The Morgan fingerprint density at radius 2 is 1.52 bits per heavy atom. The smallest absolute Gasteiger partial charge is 0.203 e. The summed E-state index contributed by atoms with van der Waals surface area (Å²) in [5.74, 6) is 2.11. The van der Waals surface area contributed by atoms with Crippen molar-refractivity contribution in [2.24, 2.45) is 10.7 Å². The highest BCUT2D eigenvalue weighted by Crippen LogP contribution is 2.40. The number of anilines is 1. The fourth-order valence-corrected chi connectivity index (χ4v) is 3.03. The number of aryl methyl sites for hydroxylation is 2. The SMILES string of the molecule is CCc1cccc(CC)c1NC(N)=NCc1ccc(OC)c(OC)c1OC. The molecule has 0 bridgehead atoms. The molecule has 2 rings (SSSR count). The molecular weight excluding hydrogens is 342 g/mol. The number of hydrogen-bond acceptors (Lipinski definition) is 4. The van der Waals surface area contributed by atoms with Crippen LogP contribution in [-0.4, -0.2) is 27.3 Å². The topological polar surface area (TPSA) is 78.1 Å². The zero-order valence-corrected chi connectivity index (χ0v) is 16.8. The molecule has 0 amide bonds. The molecule has 0 aliphatic rings. The number of methoxy groups -OCH3 is 3. The van der Waals surface area contributed by atoms with Gasteiger partial charge in [0.25, 0.3) is 0 Å². The molecule has 27 heavy (non-hydrogen) atoms. The van der Waals surface area contributed by atoms with E-state index in [0.717, 1.165) is 24.1 Å². The second kappa shape index (κ2) is 9.71. The lowest BCUT2D eigenvalue weighted by Crippen LogP contribution is -2.24. The molecule has 0 fully saturated rings. The summed E-state index contributed by atoms with van der Waals surface area (Å²) in [6, 6.07) is 10.0. The van der Waals surface area contributed by atoms with Gasteiger partial charge in [-0.1, -0.05) is 32.0 Å². The summed E-state index contributed by atoms with van der Waals surface area (Å²) < 4.78 is 16.2. The highest BCUT2D eigenvalue weighted by atomic mass is 16.5. The second-order valence-electron chi connectivity index (χ2n) is 5.98. The molecule has 0 heterocycles. The number of rotatable bonds is 8. The van der Waals surface area contributed by atoms with E-state index in [1.807, 2.05) is 12.1 Å². The van der Waals surface area contributed by atoms with Gasteiger partial charge in [-0.25, -0.2) is 4.99 Å². The summed E-state index contributed by atoms with van der Waals surface area (Å²) in [5.41, 5.74) is 10.5. The molecule has 3 N–H and O–H groups in total. The second-order valence-corrected chi connectivity index (χ2v) is 5.98. The van der Waals surface area contributed by atoms with Gasteiger partial charge in [-0.15, -0.1) is 0 Å². The van der Waals surface area contributed by atoms with E-state index >= 15 is 0 Å². The standard InChI is InChI=1S/C21H29N3O3/c1-6-14-9-8-10-15(7-2)18(14)24-21(22)23-13-16-11-12-17(25-3)20(27-5)19(16)26-4/h8-12H,6-7,13H2,1-5H3,(H3,22,23,24). The molecule has 0 atom stereocenters. The van der Waals surface area contributed by atoms with Gasteiger partial charge in [-0.2, -0.15) is 0 Å². The van der Waals surface area contributed by atoms with Crippen molar-refractivity contribution in [1.29, 1.82) is 0 Å². The fourth-order valence-electron chi connectivity index (χ4n) is 3.03. The fraction of sp³-hybridized carbons (Fsp3) is 0.381. The van der Waals surface area contributed by atoms with Crippen LogP contribution in [0, 0.1) is 0 Å². The molecule has 2 aromatic rings. The van der Waals surface area contributed by atoms with E-state index in [1.165, 1.54) is 11.1 Å². The number of aliphatic imine (C=N–C) groups is 1. The van der Waals surface area contributed by atoms with Gasteiger partial charge in [0.2, 0.25) is 5.75 Å². The van der Waals surface area contributed by atoms with Crippen molar-refractivity contribution in [3.63, 3.8) is 0 Å². The summed E-state index contributed by atoms with van der Waals surface area (Å²) in [7, 11) is 4.77. The first-order chi connectivity index (χ1) is 13.1. The number of nitrogens with zero attached hydrogens (tertiary/aromatic N) is 1. The Morgan fingerprint density at radius 1 is 0.889 bits per heavy atom. The first-order valence-electron chi connectivity index (χ1n) is 9.05. The Kier molecular flexibility index (Phi) is 7.34. The minimum atomic E-state index is 0.359. The largest absolute Gasteiger partial charge is 0.493 e. The Hall–Kier alpha value is -2.89. The maximum Gasteiger partial charge on any atom is 0.203 e. The molecule has 6 nitrogen and oxygen atoms in total. The molecular formula is C21H29N3O3. The highest BCUT2D eigenvalue weighted by molar-refractivity contribution is 5.93. The van der Waals surface area contributed by atoms with Crippen LogP contribution in [0.4, 0.5) is 5.69 Å². The molecule has 0 aliphatic heterocycles. The maximum absolute atomic E-state index is 6.16. The zero-order chi connectivity index (χ0) is 19.8. The van der Waals surface area contributed by atoms with E-state index in [9.17, 15) is 0 Å². The van der Waals surface area contributed by atoms with E-state index in [4.69, 9.17) is 19.9 Å². The van der Waals surface area contributed by atoms with Crippen LogP contribution < -0.4 is 25.3 Å². The van der Waals surface area contributed by atoms with E-state index in [2.05, 4.69) is 42.4 Å². The van der Waals surface area contributed by atoms with Gasteiger partial charge in [0.15, 0.2) is 17.5 Å². The van der Waals surface area contributed by atoms with Gasteiger partial charge in [-0.05, 0) is 36.1 Å². The van der Waals surface area contributed by atoms with Gasteiger partial charge in [0.05, 0.1) is 27.9 Å². The lowest BCUT2D eigenvalue weighted by molar-refractivity contribution is 0.322. The Balaban J connectivity index is 2.27. The molecule has 0 spiro atoms. The Bertz CT molecular complexity index is 781. The number of nitrogens with one attached hydrogen (secondary N) is 1. The first kappa shape index (κ1) is 20.4. The van der Waals surface area contributed by atoms with Crippen molar-refractivity contribution in [2.75, 3.05) is 26.6 Å². The van der Waals surface area contributed by atoms with Gasteiger partial charge in [0, 0.05) is 11.3 Å². The van der Waals surface area contributed by atoms with Gasteiger partial charge in [-0.3, -0.25) is 0 Å². The van der Waals surface area contributed by atoms with Crippen molar-refractivity contribution >= 4 is 11.6 Å². The van der Waals surface area contributed by atoms with Crippen molar-refractivity contribution in [1.82, 2.24) is 0 Å². The average molecular weight is 371 g/mol. The number of benzene rings is 2. The summed E-state index contributed by atoms with van der Waals surface area (Å²) in [5, 5.41) is 3.27. The van der Waals surface area contributed by atoms with Crippen molar-refractivity contribution < 1.29 is 14.2 Å². The lowest BCUT2D eigenvalue weighted by atomic mass is 10.0. The molecule has 0 unspecified atom stereocenters. The van der Waals surface area contributed by atoms with Crippen LogP contribution >= 0.6 is 0 Å². The third kappa shape index (κ3) is 4.64. The van der Waals surface area contributed by atoms with Crippen molar-refractivity contribution in [3.05, 3.63) is 47.0 Å². The number of ether oxygens (including phenoxy) is 3. The molecule has 0 radical (unpaired) electrons. The van der Waals surface area contributed by atoms with E-state index < -0.39 is 0 Å². The third-order valence-corrected chi connectivity index (χ3v) is 4.46. The van der Waals surface area contributed by atoms with Crippen molar-refractivity contribution in [2.45, 2.75) is 33.2 Å². The Labute approximate surface area is 161 Å². The first-order valence-corrected chi connectivity index (χ1v) is 9.05. The van der Waals surface area contributed by atoms with Gasteiger partial charge >= 0.3 is 0 Å². The predicted molar refractivity (Wildman–Crippen MR) is 110 cm³/mol. The summed E-state index contributed by atoms with van der Waals surface area (Å²) in [4.78, 5) is 4.49. The summed E-state index contributed by atoms with van der Waals surface area (Å²) in [6.45, 7) is 4.61. The molecule has 0 saturated carbocycles. The van der Waals surface area contributed by atoms with Crippen LogP contribution in [0.5, 0.6) is 17.2 Å². The number of hydrogen-bond donors (Lipinski definition) is 2. The molecule has 146 valence electrons.